The van der Waals surface area contributed by atoms with Crippen LogP contribution in [0.5, 0.6) is 5.75 Å². The number of hydrogen-bond donors (Lipinski definition) is 1. The van der Waals surface area contributed by atoms with Gasteiger partial charge < -0.3 is 15.0 Å². The van der Waals surface area contributed by atoms with Crippen LogP contribution in [0.3, 0.4) is 0 Å². The summed E-state index contributed by atoms with van der Waals surface area (Å²) in [7, 11) is 1.68. The number of para-hydroxylation sites is 1. The molecule has 0 unspecified atom stereocenters. The summed E-state index contributed by atoms with van der Waals surface area (Å²) in [6.45, 7) is 0.662. The average molecular weight is 498 g/mol. The molecule has 6 nitrogen and oxygen atoms in total. The molecule has 1 saturated heterocycles. The fourth-order valence-electron chi connectivity index (χ4n) is 4.60. The Morgan fingerprint density at radius 1 is 1.00 bits per heavy atom. The zero-order chi connectivity index (χ0) is 23.8. The maximum Gasteiger partial charge on any atom is 0.194 e. The molecule has 174 valence electrons. The van der Waals surface area contributed by atoms with E-state index in [4.69, 9.17) is 21.9 Å². The van der Waals surface area contributed by atoms with Crippen molar-refractivity contribution in [2.24, 2.45) is 0 Å². The van der Waals surface area contributed by atoms with E-state index in [9.17, 15) is 0 Å². The first-order valence-electron chi connectivity index (χ1n) is 11.4. The smallest absolute Gasteiger partial charge is 0.194 e. The van der Waals surface area contributed by atoms with Crippen LogP contribution in [0.4, 0.5) is 0 Å². The lowest BCUT2D eigenvalue weighted by Gasteiger charge is -2.28. The second-order valence-electron chi connectivity index (χ2n) is 8.37. The van der Waals surface area contributed by atoms with Crippen LogP contribution in [-0.4, -0.2) is 31.7 Å². The maximum absolute atomic E-state index is 5.87. The number of aromatic nitrogens is 3. The summed E-state index contributed by atoms with van der Waals surface area (Å²) in [4.78, 5) is 11.8. The highest BCUT2D eigenvalue weighted by Crippen LogP contribution is 2.41. The Morgan fingerprint density at radius 3 is 2.60 bits per heavy atom. The van der Waals surface area contributed by atoms with Gasteiger partial charge in [0.25, 0.3) is 0 Å². The van der Waals surface area contributed by atoms with Gasteiger partial charge in [-0.1, -0.05) is 41.7 Å². The predicted molar refractivity (Wildman–Crippen MR) is 143 cm³/mol. The monoisotopic (exact) mass is 497 g/mol. The van der Waals surface area contributed by atoms with Gasteiger partial charge in [0.2, 0.25) is 0 Å². The van der Waals surface area contributed by atoms with Crippen LogP contribution in [0.25, 0.3) is 15.3 Å². The van der Waals surface area contributed by atoms with Crippen LogP contribution in [0.2, 0.25) is 0 Å². The third-order valence-corrected chi connectivity index (χ3v) is 7.67. The van der Waals surface area contributed by atoms with Crippen molar-refractivity contribution in [2.75, 3.05) is 7.11 Å². The average Bonchev–Trinajstić information content (AvgIpc) is 3.62. The quantitative estimate of drug-likeness (QED) is 0.306. The van der Waals surface area contributed by atoms with E-state index in [1.165, 1.54) is 4.70 Å². The van der Waals surface area contributed by atoms with Crippen molar-refractivity contribution in [3.05, 3.63) is 108 Å². The molecule has 1 N–H and O–H groups in total. The first-order valence-corrected chi connectivity index (χ1v) is 12.6. The maximum atomic E-state index is 5.87. The highest BCUT2D eigenvalue weighted by molar-refractivity contribution is 7.80. The van der Waals surface area contributed by atoms with Crippen LogP contribution in [0.1, 0.15) is 29.0 Å². The van der Waals surface area contributed by atoms with Gasteiger partial charge in [0.15, 0.2) is 10.2 Å². The molecule has 6 rings (SSSR count). The van der Waals surface area contributed by atoms with Gasteiger partial charge in [-0.05, 0) is 66.3 Å². The van der Waals surface area contributed by atoms with Crippen molar-refractivity contribution in [3.63, 3.8) is 0 Å². The normalized spacial score (nSPS) is 17.6. The Kier molecular flexibility index (Phi) is 5.67. The lowest BCUT2D eigenvalue weighted by atomic mass is 10.0. The van der Waals surface area contributed by atoms with Crippen LogP contribution in [0.15, 0.2) is 91.3 Å². The highest BCUT2D eigenvalue weighted by atomic mass is 32.1. The summed E-state index contributed by atoms with van der Waals surface area (Å²) in [5.41, 5.74) is 4.22. The third kappa shape index (κ3) is 4.05. The molecule has 2 atom stereocenters. The number of thiocarbonyl (C=S) groups is 1. The fourth-order valence-corrected chi connectivity index (χ4v) is 5.87. The molecule has 0 radical (unpaired) electrons. The molecule has 2 aromatic carbocycles. The van der Waals surface area contributed by atoms with E-state index in [2.05, 4.69) is 68.4 Å². The molecule has 1 fully saturated rings. The zero-order valence-electron chi connectivity index (χ0n) is 19.0. The van der Waals surface area contributed by atoms with E-state index in [-0.39, 0.29) is 12.1 Å². The van der Waals surface area contributed by atoms with Crippen molar-refractivity contribution >= 4 is 38.9 Å². The molecule has 8 heteroatoms. The molecular weight excluding hydrogens is 474 g/mol. The van der Waals surface area contributed by atoms with E-state index in [0.717, 1.165) is 33.3 Å². The lowest BCUT2D eigenvalue weighted by molar-refractivity contribution is 0.302. The lowest BCUT2D eigenvalue weighted by Crippen LogP contribution is -2.30. The summed E-state index contributed by atoms with van der Waals surface area (Å²) in [6, 6.07) is 26.4. The Morgan fingerprint density at radius 2 is 1.83 bits per heavy atom. The molecule has 35 heavy (non-hydrogen) atoms. The number of methoxy groups -OCH3 is 1. The molecule has 0 aliphatic carbocycles. The first kappa shape index (κ1) is 21.8. The van der Waals surface area contributed by atoms with Crippen LogP contribution in [-0.2, 0) is 6.54 Å². The summed E-state index contributed by atoms with van der Waals surface area (Å²) in [6.07, 6.45) is 3.91. The van der Waals surface area contributed by atoms with E-state index >= 15 is 0 Å². The van der Waals surface area contributed by atoms with Gasteiger partial charge in [-0.3, -0.25) is 9.55 Å². The summed E-state index contributed by atoms with van der Waals surface area (Å²) in [5, 5.41) is 5.19. The Hall–Kier alpha value is -3.75. The van der Waals surface area contributed by atoms with Gasteiger partial charge in [0.1, 0.15) is 5.75 Å². The minimum atomic E-state index is -0.0926. The number of ether oxygens (including phenoxy) is 1. The van der Waals surface area contributed by atoms with E-state index < -0.39 is 0 Å². The van der Waals surface area contributed by atoms with Crippen LogP contribution in [0, 0.1) is 0 Å². The summed E-state index contributed by atoms with van der Waals surface area (Å²) < 4.78 is 8.68. The number of pyridine rings is 1. The number of nitrogens with zero attached hydrogens (tertiary/aromatic N) is 4. The standard InChI is InChI=1S/C27H23N5OS2/c1-33-19-13-11-18(12-14-19)17-32-25(24(30-26(32)34)21-8-4-5-15-28-21)22-9-6-16-31(22)27-29-20-7-2-3-10-23(20)35-27/h2-16,24-25H,17H2,1H3,(H,30,34)/t24-,25+/m1/s1. The number of fused-ring (bicyclic) bond motifs is 1. The Balaban J connectivity index is 1.43. The molecule has 0 amide bonds. The van der Waals surface area contributed by atoms with Gasteiger partial charge in [-0.25, -0.2) is 4.98 Å². The van der Waals surface area contributed by atoms with Crippen molar-refractivity contribution in [3.8, 4) is 10.9 Å². The molecule has 0 spiro atoms. The molecule has 4 heterocycles. The fraction of sp³-hybridized carbons (Fsp3) is 0.148. The number of benzene rings is 2. The van der Waals surface area contributed by atoms with E-state index in [1.807, 2.05) is 42.6 Å². The van der Waals surface area contributed by atoms with Crippen molar-refractivity contribution in [1.82, 2.24) is 24.8 Å². The second-order valence-corrected chi connectivity index (χ2v) is 9.77. The minimum absolute atomic E-state index is 0.0680. The minimum Gasteiger partial charge on any atom is -0.497 e. The van der Waals surface area contributed by atoms with Gasteiger partial charge in [0, 0.05) is 18.9 Å². The highest BCUT2D eigenvalue weighted by Gasteiger charge is 2.41. The van der Waals surface area contributed by atoms with Gasteiger partial charge >= 0.3 is 0 Å². The Bertz CT molecular complexity index is 1450. The summed E-state index contributed by atoms with van der Waals surface area (Å²) >= 11 is 7.55. The summed E-state index contributed by atoms with van der Waals surface area (Å²) in [5.74, 6) is 0.837. The van der Waals surface area contributed by atoms with Gasteiger partial charge in [-0.2, -0.15) is 0 Å². The third-order valence-electron chi connectivity index (χ3n) is 6.28. The van der Waals surface area contributed by atoms with Crippen molar-refractivity contribution in [2.45, 2.75) is 18.6 Å². The number of hydrogen-bond acceptors (Lipinski definition) is 5. The molecular formula is C27H23N5OS2. The number of thiazole rings is 1. The molecule has 1 aliphatic rings. The largest absolute Gasteiger partial charge is 0.497 e. The molecule has 5 aromatic rings. The van der Waals surface area contributed by atoms with Gasteiger partial charge in [0.05, 0.1) is 40.8 Å². The van der Waals surface area contributed by atoms with E-state index in [0.29, 0.717) is 11.7 Å². The molecule has 1 aliphatic heterocycles. The zero-order valence-corrected chi connectivity index (χ0v) is 20.7. The van der Waals surface area contributed by atoms with Crippen LogP contribution >= 0.6 is 23.6 Å². The topological polar surface area (TPSA) is 55.2 Å². The number of rotatable bonds is 6. The molecule has 3 aromatic heterocycles. The predicted octanol–water partition coefficient (Wildman–Crippen LogP) is 5.66. The first-order chi connectivity index (χ1) is 17.2. The molecule has 0 saturated carbocycles. The Labute approximate surface area is 212 Å². The molecule has 0 bridgehead atoms. The van der Waals surface area contributed by atoms with Gasteiger partial charge in [-0.15, -0.1) is 0 Å². The SMILES string of the molecule is COc1ccc(CN2C(=S)N[C@H](c3ccccn3)[C@@H]2c2cccn2-c2nc3ccccc3s2)cc1. The van der Waals surface area contributed by atoms with Crippen LogP contribution < -0.4 is 10.1 Å². The van der Waals surface area contributed by atoms with Crippen molar-refractivity contribution < 1.29 is 4.74 Å². The van der Waals surface area contributed by atoms with E-state index in [1.54, 1.807) is 18.4 Å². The van der Waals surface area contributed by atoms with Crippen molar-refractivity contribution in [1.29, 1.82) is 0 Å². The number of nitrogens with one attached hydrogen (secondary N) is 1. The second kappa shape index (κ2) is 9.13.